The molecule has 0 saturated heterocycles. The van der Waals surface area contributed by atoms with Crippen LogP contribution in [0.2, 0.25) is 0 Å². The van der Waals surface area contributed by atoms with Crippen LogP contribution in [0.15, 0.2) is 30.6 Å². The normalized spacial score (nSPS) is 13.3. The Morgan fingerprint density at radius 2 is 1.94 bits per heavy atom. The van der Waals surface area contributed by atoms with Crippen molar-refractivity contribution in [1.29, 1.82) is 0 Å². The highest BCUT2D eigenvalue weighted by molar-refractivity contribution is 5.75. The van der Waals surface area contributed by atoms with Crippen LogP contribution in [0.5, 0.6) is 0 Å². The van der Waals surface area contributed by atoms with Gasteiger partial charge in [-0.2, -0.15) is 0 Å². The lowest BCUT2D eigenvalue weighted by molar-refractivity contribution is 0.426. The molecule has 1 N–H and O–H groups in total. The smallest absolute Gasteiger partial charge is 0.0961 e. The summed E-state index contributed by atoms with van der Waals surface area (Å²) in [7, 11) is 0. The lowest BCUT2D eigenvalue weighted by Crippen LogP contribution is -2.32. The molecule has 0 amide bonds. The summed E-state index contributed by atoms with van der Waals surface area (Å²) in [6.07, 6.45) is 4.33. The van der Waals surface area contributed by atoms with E-state index in [9.17, 15) is 0 Å². The van der Waals surface area contributed by atoms with Gasteiger partial charge in [0.05, 0.1) is 17.4 Å². The maximum Gasteiger partial charge on any atom is 0.0961 e. The molecule has 1 aromatic heterocycles. The molecule has 3 heteroatoms. The second kappa shape index (κ2) is 6.01. The van der Waals surface area contributed by atoms with Gasteiger partial charge in [0, 0.05) is 18.6 Å². The minimum Gasteiger partial charge on any atom is -0.326 e. The molecule has 18 heavy (non-hydrogen) atoms. The quantitative estimate of drug-likeness (QED) is 0.845. The molecule has 1 atom stereocenters. The van der Waals surface area contributed by atoms with Crippen molar-refractivity contribution >= 4 is 11.0 Å². The molecular formula is C15H23N3. The highest BCUT2D eigenvalue weighted by Gasteiger charge is 2.10. The van der Waals surface area contributed by atoms with E-state index >= 15 is 0 Å². The first-order valence-electron chi connectivity index (χ1n) is 6.91. The van der Waals surface area contributed by atoms with Crippen LogP contribution in [-0.4, -0.2) is 22.1 Å². The average Bonchev–Trinajstić information content (AvgIpc) is 2.83. The summed E-state index contributed by atoms with van der Waals surface area (Å²) in [5.41, 5.74) is 2.29. The monoisotopic (exact) mass is 245 g/mol. The first kappa shape index (κ1) is 13.1. The fraction of sp³-hybridized carbons (Fsp3) is 0.533. The number of imidazole rings is 1. The van der Waals surface area contributed by atoms with Crippen LogP contribution in [0.1, 0.15) is 39.7 Å². The first-order chi connectivity index (χ1) is 8.76. The number of rotatable bonds is 6. The van der Waals surface area contributed by atoms with Gasteiger partial charge < -0.3 is 9.88 Å². The molecule has 2 aromatic rings. The highest BCUT2D eigenvalue weighted by Crippen LogP contribution is 2.16. The van der Waals surface area contributed by atoms with Gasteiger partial charge in [-0.3, -0.25) is 0 Å². The summed E-state index contributed by atoms with van der Waals surface area (Å²) in [6, 6.07) is 9.36. The van der Waals surface area contributed by atoms with Gasteiger partial charge in [0.25, 0.3) is 0 Å². The lowest BCUT2D eigenvalue weighted by atomic mass is 10.1. The van der Waals surface area contributed by atoms with E-state index in [-0.39, 0.29) is 0 Å². The van der Waals surface area contributed by atoms with Crippen LogP contribution in [0.25, 0.3) is 11.0 Å². The number of nitrogens with one attached hydrogen (secondary N) is 1. The summed E-state index contributed by atoms with van der Waals surface area (Å²) >= 11 is 0. The second-order valence-electron chi connectivity index (χ2n) is 4.91. The number of hydrogen-bond acceptors (Lipinski definition) is 2. The minimum absolute atomic E-state index is 0.429. The molecule has 0 bridgehead atoms. The van der Waals surface area contributed by atoms with Crippen LogP contribution in [-0.2, 0) is 0 Å². The maximum absolute atomic E-state index is 4.44. The van der Waals surface area contributed by atoms with E-state index < -0.39 is 0 Å². The number of fused-ring (bicyclic) bond motifs is 1. The third-order valence-electron chi connectivity index (χ3n) is 3.64. The summed E-state index contributed by atoms with van der Waals surface area (Å²) in [5, 5.41) is 3.62. The fourth-order valence-corrected chi connectivity index (χ4v) is 2.34. The van der Waals surface area contributed by atoms with Crippen molar-refractivity contribution in [2.24, 2.45) is 0 Å². The predicted molar refractivity (Wildman–Crippen MR) is 76.8 cm³/mol. The van der Waals surface area contributed by atoms with Crippen molar-refractivity contribution in [2.45, 2.75) is 45.7 Å². The fourth-order valence-electron chi connectivity index (χ4n) is 2.34. The van der Waals surface area contributed by atoms with Crippen molar-refractivity contribution in [3.8, 4) is 0 Å². The van der Waals surface area contributed by atoms with Crippen LogP contribution < -0.4 is 5.32 Å². The molecule has 98 valence electrons. The second-order valence-corrected chi connectivity index (χ2v) is 4.91. The lowest BCUT2D eigenvalue weighted by Gasteiger charge is -2.20. The largest absolute Gasteiger partial charge is 0.326 e. The van der Waals surface area contributed by atoms with E-state index in [0.29, 0.717) is 12.1 Å². The SMILES string of the molecule is CCC(CC)NCC(C)n1cnc2ccccc21. The van der Waals surface area contributed by atoms with Gasteiger partial charge >= 0.3 is 0 Å². The molecule has 0 saturated carbocycles. The third-order valence-corrected chi connectivity index (χ3v) is 3.64. The number of para-hydroxylation sites is 2. The molecule has 1 heterocycles. The van der Waals surface area contributed by atoms with Crippen molar-refractivity contribution < 1.29 is 0 Å². The number of benzene rings is 1. The van der Waals surface area contributed by atoms with Crippen molar-refractivity contribution in [1.82, 2.24) is 14.9 Å². The summed E-state index contributed by atoms with van der Waals surface area (Å²) in [5.74, 6) is 0. The Hall–Kier alpha value is -1.35. The topological polar surface area (TPSA) is 29.9 Å². The molecular weight excluding hydrogens is 222 g/mol. The van der Waals surface area contributed by atoms with Gasteiger partial charge in [0.2, 0.25) is 0 Å². The van der Waals surface area contributed by atoms with Crippen LogP contribution >= 0.6 is 0 Å². The van der Waals surface area contributed by atoms with Gasteiger partial charge in [0.1, 0.15) is 0 Å². The Labute approximate surface area is 109 Å². The minimum atomic E-state index is 0.429. The van der Waals surface area contributed by atoms with Gasteiger partial charge in [-0.05, 0) is 31.9 Å². The van der Waals surface area contributed by atoms with Crippen molar-refractivity contribution in [3.05, 3.63) is 30.6 Å². The number of nitrogens with zero attached hydrogens (tertiary/aromatic N) is 2. The van der Waals surface area contributed by atoms with Crippen LogP contribution in [0.4, 0.5) is 0 Å². The summed E-state index contributed by atoms with van der Waals surface area (Å²) in [6.45, 7) is 7.70. The third kappa shape index (κ3) is 2.72. The molecule has 0 fully saturated rings. The van der Waals surface area contributed by atoms with E-state index in [2.05, 4.69) is 53.8 Å². The molecule has 1 aromatic carbocycles. The van der Waals surface area contributed by atoms with E-state index in [1.54, 1.807) is 0 Å². The van der Waals surface area contributed by atoms with Gasteiger partial charge in [-0.1, -0.05) is 26.0 Å². The predicted octanol–water partition coefficient (Wildman–Crippen LogP) is 3.38. The zero-order valence-corrected chi connectivity index (χ0v) is 11.6. The standard InChI is InChI=1S/C15H23N3/c1-4-13(5-2)16-10-12(3)18-11-17-14-8-6-7-9-15(14)18/h6-9,11-13,16H,4-5,10H2,1-3H3. The van der Waals surface area contributed by atoms with Gasteiger partial charge in [-0.15, -0.1) is 0 Å². The highest BCUT2D eigenvalue weighted by atomic mass is 15.1. The number of aromatic nitrogens is 2. The zero-order valence-electron chi connectivity index (χ0n) is 11.6. The van der Waals surface area contributed by atoms with Crippen molar-refractivity contribution in [2.75, 3.05) is 6.54 Å². The molecule has 1 unspecified atom stereocenters. The van der Waals surface area contributed by atoms with E-state index in [1.807, 2.05) is 12.4 Å². The average molecular weight is 245 g/mol. The summed E-state index contributed by atoms with van der Waals surface area (Å²) < 4.78 is 2.25. The molecule has 2 rings (SSSR count). The molecule has 0 aliphatic carbocycles. The number of hydrogen-bond donors (Lipinski definition) is 1. The Balaban J connectivity index is 2.07. The first-order valence-corrected chi connectivity index (χ1v) is 6.91. The Bertz CT molecular complexity index is 485. The Kier molecular flexibility index (Phi) is 4.37. The van der Waals surface area contributed by atoms with Crippen molar-refractivity contribution in [3.63, 3.8) is 0 Å². The zero-order chi connectivity index (χ0) is 13.0. The summed E-state index contributed by atoms with van der Waals surface area (Å²) in [4.78, 5) is 4.44. The van der Waals surface area contributed by atoms with E-state index in [1.165, 1.54) is 18.4 Å². The molecule has 3 nitrogen and oxygen atoms in total. The van der Waals surface area contributed by atoms with E-state index in [0.717, 1.165) is 12.1 Å². The van der Waals surface area contributed by atoms with Gasteiger partial charge in [0.15, 0.2) is 0 Å². The Morgan fingerprint density at radius 3 is 2.67 bits per heavy atom. The van der Waals surface area contributed by atoms with E-state index in [4.69, 9.17) is 0 Å². The van der Waals surface area contributed by atoms with Gasteiger partial charge in [-0.25, -0.2) is 4.98 Å². The molecule has 0 aliphatic rings. The molecule has 0 spiro atoms. The Morgan fingerprint density at radius 1 is 1.22 bits per heavy atom. The van der Waals surface area contributed by atoms with Crippen LogP contribution in [0, 0.1) is 0 Å². The molecule has 0 radical (unpaired) electrons. The van der Waals surface area contributed by atoms with Crippen LogP contribution in [0.3, 0.4) is 0 Å². The molecule has 0 aliphatic heterocycles. The maximum atomic E-state index is 4.44.